The Morgan fingerprint density at radius 2 is 1.61 bits per heavy atom. The van der Waals surface area contributed by atoms with Crippen molar-refractivity contribution in [3.63, 3.8) is 0 Å². The van der Waals surface area contributed by atoms with Crippen molar-refractivity contribution in [1.82, 2.24) is 4.72 Å². The molecule has 2 rings (SSSR count). The monoisotopic (exact) mass is 451 g/mol. The number of ether oxygens (including phenoxy) is 3. The summed E-state index contributed by atoms with van der Waals surface area (Å²) in [6, 6.07) is 11.1. The smallest absolute Gasteiger partial charge is 0.411 e. The average molecular weight is 452 g/mol. The van der Waals surface area contributed by atoms with Crippen LogP contribution in [0.4, 0.5) is 16.2 Å². The molecule has 2 aromatic carbocycles. The summed E-state index contributed by atoms with van der Waals surface area (Å²) in [7, 11) is -0.940. The van der Waals surface area contributed by atoms with Gasteiger partial charge in [-0.05, 0) is 49.4 Å². The van der Waals surface area contributed by atoms with Crippen LogP contribution in [0.5, 0.6) is 5.75 Å². The number of benzene rings is 2. The molecule has 31 heavy (non-hydrogen) atoms. The number of amides is 2. The van der Waals surface area contributed by atoms with E-state index in [0.717, 1.165) is 0 Å². The van der Waals surface area contributed by atoms with Crippen LogP contribution in [0.25, 0.3) is 0 Å². The highest BCUT2D eigenvalue weighted by Gasteiger charge is 2.22. The van der Waals surface area contributed by atoms with Gasteiger partial charge in [-0.25, -0.2) is 13.2 Å². The Morgan fingerprint density at radius 1 is 0.968 bits per heavy atom. The van der Waals surface area contributed by atoms with Crippen LogP contribution >= 0.6 is 0 Å². The van der Waals surface area contributed by atoms with Crippen molar-refractivity contribution in [1.29, 1.82) is 0 Å². The summed E-state index contributed by atoms with van der Waals surface area (Å²) in [4.78, 5) is 24.2. The molecule has 0 aliphatic carbocycles. The molecule has 0 heterocycles. The quantitative estimate of drug-likeness (QED) is 0.472. The largest absolute Gasteiger partial charge is 0.497 e. The maximum atomic E-state index is 12.5. The molecule has 0 aliphatic heterocycles. The Labute approximate surface area is 180 Å². The van der Waals surface area contributed by atoms with Gasteiger partial charge in [-0.2, -0.15) is 4.72 Å². The van der Waals surface area contributed by atoms with E-state index in [2.05, 4.69) is 15.4 Å². The molecule has 2 amide bonds. The first kappa shape index (κ1) is 24.1. The van der Waals surface area contributed by atoms with E-state index in [0.29, 0.717) is 17.1 Å². The Morgan fingerprint density at radius 3 is 2.23 bits per heavy atom. The van der Waals surface area contributed by atoms with Gasteiger partial charge in [-0.15, -0.1) is 0 Å². The van der Waals surface area contributed by atoms with E-state index < -0.39 is 28.1 Å². The second-order valence-corrected chi connectivity index (χ2v) is 8.06. The van der Waals surface area contributed by atoms with Crippen molar-refractivity contribution in [2.75, 3.05) is 38.1 Å². The van der Waals surface area contributed by atoms with Gasteiger partial charge in [0.05, 0.1) is 24.7 Å². The first-order chi connectivity index (χ1) is 14.7. The lowest BCUT2D eigenvalue weighted by Gasteiger charge is -2.15. The molecule has 11 heteroatoms. The minimum atomic E-state index is -3.91. The second-order valence-electron chi connectivity index (χ2n) is 6.34. The number of sulfonamides is 1. The van der Waals surface area contributed by atoms with Crippen LogP contribution in [0.15, 0.2) is 53.4 Å². The van der Waals surface area contributed by atoms with Crippen LogP contribution in [0.1, 0.15) is 6.92 Å². The summed E-state index contributed by atoms with van der Waals surface area (Å²) in [5.41, 5.74) is 0.766. The van der Waals surface area contributed by atoms with Crippen molar-refractivity contribution < 1.29 is 32.2 Å². The molecule has 0 fully saturated rings. The summed E-state index contributed by atoms with van der Waals surface area (Å²) in [6.07, 6.45) is -0.666. The van der Waals surface area contributed by atoms with E-state index >= 15 is 0 Å². The van der Waals surface area contributed by atoms with E-state index in [-0.39, 0.29) is 18.1 Å². The fourth-order valence-corrected chi connectivity index (χ4v) is 3.61. The normalized spacial score (nSPS) is 12.0. The van der Waals surface area contributed by atoms with Crippen molar-refractivity contribution in [3.05, 3.63) is 48.5 Å². The summed E-state index contributed by atoms with van der Waals surface area (Å²) in [5.74, 6) is -0.0577. The number of hydrogen-bond acceptors (Lipinski definition) is 7. The van der Waals surface area contributed by atoms with E-state index in [4.69, 9.17) is 14.2 Å². The second kappa shape index (κ2) is 11.3. The standard InChI is InChI=1S/C20H25N3O7S/c1-14(23-31(26,27)18-9-7-17(29-3)8-10-18)19(24)21-15-5-4-6-16(13-15)22-20(25)30-12-11-28-2/h4-10,13-14,23H,11-12H2,1-3H3,(H,21,24)(H,22,25)/t14-/m0/s1. The molecular weight excluding hydrogens is 426 g/mol. The highest BCUT2D eigenvalue weighted by atomic mass is 32.2. The Hall–Kier alpha value is -3.15. The molecule has 168 valence electrons. The molecule has 0 radical (unpaired) electrons. The molecule has 0 spiro atoms. The summed E-state index contributed by atoms with van der Waals surface area (Å²) < 4.78 is 42.0. The predicted molar refractivity (Wildman–Crippen MR) is 115 cm³/mol. The van der Waals surface area contributed by atoms with Gasteiger partial charge in [-0.3, -0.25) is 10.1 Å². The molecule has 0 aromatic heterocycles. The summed E-state index contributed by atoms with van der Waals surface area (Å²) in [5, 5.41) is 5.12. The zero-order valence-electron chi connectivity index (χ0n) is 17.4. The fourth-order valence-electron chi connectivity index (χ4n) is 2.41. The number of carbonyl (C=O) groups excluding carboxylic acids is 2. The number of carbonyl (C=O) groups is 2. The van der Waals surface area contributed by atoms with Crippen molar-refractivity contribution in [2.24, 2.45) is 0 Å². The first-order valence-corrected chi connectivity index (χ1v) is 10.7. The van der Waals surface area contributed by atoms with Gasteiger partial charge < -0.3 is 19.5 Å². The van der Waals surface area contributed by atoms with Crippen LogP contribution in [-0.4, -0.2) is 53.9 Å². The third-order valence-corrected chi connectivity index (χ3v) is 5.55. The van der Waals surface area contributed by atoms with Crippen molar-refractivity contribution in [3.8, 4) is 5.75 Å². The van der Waals surface area contributed by atoms with Crippen molar-refractivity contribution >= 4 is 33.4 Å². The molecule has 0 saturated heterocycles. The maximum absolute atomic E-state index is 12.5. The lowest BCUT2D eigenvalue weighted by Crippen LogP contribution is -2.41. The zero-order chi connectivity index (χ0) is 22.9. The topological polar surface area (TPSA) is 132 Å². The highest BCUT2D eigenvalue weighted by molar-refractivity contribution is 7.89. The van der Waals surface area contributed by atoms with Crippen molar-refractivity contribution in [2.45, 2.75) is 17.9 Å². The van der Waals surface area contributed by atoms with Crippen LogP contribution in [-0.2, 0) is 24.3 Å². The molecule has 0 saturated carbocycles. The van der Waals surface area contributed by atoms with Gasteiger partial charge in [-0.1, -0.05) is 6.07 Å². The fraction of sp³-hybridized carbons (Fsp3) is 0.300. The lowest BCUT2D eigenvalue weighted by atomic mass is 10.2. The van der Waals surface area contributed by atoms with Gasteiger partial charge in [0.2, 0.25) is 15.9 Å². The van der Waals surface area contributed by atoms with Gasteiger partial charge in [0.15, 0.2) is 0 Å². The Kier molecular flexibility index (Phi) is 8.79. The Balaban J connectivity index is 1.96. The van der Waals surface area contributed by atoms with Crippen LogP contribution in [0, 0.1) is 0 Å². The predicted octanol–water partition coefficient (Wildman–Crippen LogP) is 2.20. The maximum Gasteiger partial charge on any atom is 0.411 e. The Bertz CT molecular complexity index is 994. The molecule has 2 aromatic rings. The number of nitrogens with one attached hydrogen (secondary N) is 3. The molecule has 0 aliphatic rings. The van der Waals surface area contributed by atoms with Gasteiger partial charge >= 0.3 is 6.09 Å². The molecule has 1 atom stereocenters. The molecule has 0 bridgehead atoms. The molecule has 3 N–H and O–H groups in total. The SMILES string of the molecule is COCCOC(=O)Nc1cccc(NC(=O)[C@H](C)NS(=O)(=O)c2ccc(OC)cc2)c1. The van der Waals surface area contributed by atoms with E-state index in [1.54, 1.807) is 18.2 Å². The average Bonchev–Trinajstić information content (AvgIpc) is 2.74. The van der Waals surface area contributed by atoms with E-state index in [1.807, 2.05) is 0 Å². The van der Waals surface area contributed by atoms with Crippen LogP contribution in [0.3, 0.4) is 0 Å². The van der Waals surface area contributed by atoms with Gasteiger partial charge in [0.1, 0.15) is 12.4 Å². The summed E-state index contributed by atoms with van der Waals surface area (Å²) in [6.45, 7) is 1.80. The van der Waals surface area contributed by atoms with Crippen LogP contribution < -0.4 is 20.1 Å². The van der Waals surface area contributed by atoms with E-state index in [9.17, 15) is 18.0 Å². The number of hydrogen-bond donors (Lipinski definition) is 3. The van der Waals surface area contributed by atoms with E-state index in [1.165, 1.54) is 51.5 Å². The van der Waals surface area contributed by atoms with Gasteiger partial charge in [0.25, 0.3) is 0 Å². The zero-order valence-corrected chi connectivity index (χ0v) is 18.2. The summed E-state index contributed by atoms with van der Waals surface area (Å²) >= 11 is 0. The number of methoxy groups -OCH3 is 2. The number of anilines is 2. The van der Waals surface area contributed by atoms with Crippen LogP contribution in [0.2, 0.25) is 0 Å². The molecule has 0 unspecified atom stereocenters. The third kappa shape index (κ3) is 7.55. The lowest BCUT2D eigenvalue weighted by molar-refractivity contribution is -0.117. The van der Waals surface area contributed by atoms with Gasteiger partial charge in [0, 0.05) is 18.5 Å². The third-order valence-electron chi connectivity index (χ3n) is 3.99. The number of rotatable bonds is 10. The molecule has 10 nitrogen and oxygen atoms in total. The molecular formula is C20H25N3O7S. The minimum Gasteiger partial charge on any atom is -0.497 e. The minimum absolute atomic E-state index is 0.00568. The first-order valence-electron chi connectivity index (χ1n) is 9.25. The highest BCUT2D eigenvalue weighted by Crippen LogP contribution is 2.17.